The fraction of sp³-hybridized carbons (Fsp3) is 0.917. The van der Waals surface area contributed by atoms with Gasteiger partial charge in [0.15, 0.2) is 0 Å². The Labute approximate surface area is 97.8 Å². The van der Waals surface area contributed by atoms with Crippen molar-refractivity contribution in [1.82, 2.24) is 15.5 Å². The van der Waals surface area contributed by atoms with E-state index < -0.39 is 0 Å². The highest BCUT2D eigenvalue weighted by Crippen LogP contribution is 2.26. The third-order valence-corrected chi connectivity index (χ3v) is 3.79. The molecule has 0 saturated carbocycles. The quantitative estimate of drug-likeness (QED) is 0.718. The molecule has 0 aromatic heterocycles. The van der Waals surface area contributed by atoms with Gasteiger partial charge in [0.25, 0.3) is 0 Å². The minimum absolute atomic E-state index is 0.190. The van der Waals surface area contributed by atoms with Gasteiger partial charge in [0.05, 0.1) is 0 Å². The first-order chi connectivity index (χ1) is 7.81. The lowest BCUT2D eigenvalue weighted by molar-refractivity contribution is -0.121. The molecule has 0 spiro atoms. The van der Waals surface area contributed by atoms with Crippen molar-refractivity contribution in [1.29, 1.82) is 0 Å². The molecule has 2 rings (SSSR count). The number of piperidine rings is 1. The summed E-state index contributed by atoms with van der Waals surface area (Å²) in [5, 5.41) is 6.33. The van der Waals surface area contributed by atoms with Crippen molar-refractivity contribution in [2.24, 2.45) is 5.92 Å². The molecule has 1 amide bonds. The third kappa shape index (κ3) is 2.74. The summed E-state index contributed by atoms with van der Waals surface area (Å²) in [7, 11) is 0. The van der Waals surface area contributed by atoms with Gasteiger partial charge in [-0.25, -0.2) is 0 Å². The molecule has 2 saturated heterocycles. The molecule has 2 unspecified atom stereocenters. The Hall–Kier alpha value is -0.610. The third-order valence-electron chi connectivity index (χ3n) is 3.79. The lowest BCUT2D eigenvalue weighted by Crippen LogP contribution is -2.46. The number of carbonyl (C=O) groups is 1. The molecule has 4 heteroatoms. The second-order valence-corrected chi connectivity index (χ2v) is 4.87. The van der Waals surface area contributed by atoms with Crippen molar-refractivity contribution in [2.75, 3.05) is 32.7 Å². The van der Waals surface area contributed by atoms with Crippen LogP contribution in [0.25, 0.3) is 0 Å². The fourth-order valence-electron chi connectivity index (χ4n) is 2.97. The summed E-state index contributed by atoms with van der Waals surface area (Å²) in [6, 6.07) is 0.683. The van der Waals surface area contributed by atoms with Crippen LogP contribution in [-0.4, -0.2) is 49.6 Å². The highest BCUT2D eigenvalue weighted by molar-refractivity contribution is 5.75. The SMILES string of the molecule is CCNC(=O)CCN1CCCC2CNCC21. The lowest BCUT2D eigenvalue weighted by atomic mass is 9.92. The van der Waals surface area contributed by atoms with Gasteiger partial charge < -0.3 is 10.6 Å². The summed E-state index contributed by atoms with van der Waals surface area (Å²) in [6.45, 7) is 7.08. The van der Waals surface area contributed by atoms with Gasteiger partial charge >= 0.3 is 0 Å². The monoisotopic (exact) mass is 225 g/mol. The van der Waals surface area contributed by atoms with Crippen molar-refractivity contribution in [2.45, 2.75) is 32.2 Å². The number of amides is 1. The van der Waals surface area contributed by atoms with Crippen molar-refractivity contribution < 1.29 is 4.79 Å². The minimum Gasteiger partial charge on any atom is -0.356 e. The Morgan fingerprint density at radius 3 is 3.19 bits per heavy atom. The largest absolute Gasteiger partial charge is 0.356 e. The molecule has 0 aromatic rings. The predicted molar refractivity (Wildman–Crippen MR) is 64.3 cm³/mol. The number of hydrogen-bond donors (Lipinski definition) is 2. The Bertz CT molecular complexity index is 244. The van der Waals surface area contributed by atoms with E-state index in [1.165, 1.54) is 25.9 Å². The van der Waals surface area contributed by atoms with E-state index in [4.69, 9.17) is 0 Å². The first kappa shape index (κ1) is 11.9. The van der Waals surface area contributed by atoms with Crippen LogP contribution in [-0.2, 0) is 4.79 Å². The van der Waals surface area contributed by atoms with Crippen LogP contribution in [0.5, 0.6) is 0 Å². The first-order valence-electron chi connectivity index (χ1n) is 6.52. The molecule has 0 bridgehead atoms. The van der Waals surface area contributed by atoms with Gasteiger partial charge in [0.2, 0.25) is 5.91 Å². The van der Waals surface area contributed by atoms with E-state index >= 15 is 0 Å². The normalized spacial score (nSPS) is 30.1. The van der Waals surface area contributed by atoms with E-state index in [2.05, 4.69) is 15.5 Å². The average Bonchev–Trinajstić information content (AvgIpc) is 2.75. The molecule has 2 heterocycles. The Morgan fingerprint density at radius 1 is 1.50 bits per heavy atom. The lowest BCUT2D eigenvalue weighted by Gasteiger charge is -2.36. The maximum atomic E-state index is 11.4. The zero-order chi connectivity index (χ0) is 11.4. The fourth-order valence-corrected chi connectivity index (χ4v) is 2.97. The summed E-state index contributed by atoms with van der Waals surface area (Å²) in [5.41, 5.74) is 0. The number of rotatable bonds is 4. The van der Waals surface area contributed by atoms with Crippen LogP contribution in [0.1, 0.15) is 26.2 Å². The predicted octanol–water partition coefficient (Wildman–Crippen LogP) is 0.196. The van der Waals surface area contributed by atoms with E-state index in [0.717, 1.165) is 25.6 Å². The molecule has 0 radical (unpaired) electrons. The van der Waals surface area contributed by atoms with Crippen LogP contribution >= 0.6 is 0 Å². The maximum Gasteiger partial charge on any atom is 0.221 e. The highest BCUT2D eigenvalue weighted by atomic mass is 16.1. The zero-order valence-corrected chi connectivity index (χ0v) is 10.2. The summed E-state index contributed by atoms with van der Waals surface area (Å²) in [6.07, 6.45) is 3.30. The smallest absolute Gasteiger partial charge is 0.221 e. The molecular formula is C12H23N3O. The van der Waals surface area contributed by atoms with Crippen LogP contribution < -0.4 is 10.6 Å². The van der Waals surface area contributed by atoms with Gasteiger partial charge in [-0.1, -0.05) is 0 Å². The van der Waals surface area contributed by atoms with Gasteiger partial charge in [0.1, 0.15) is 0 Å². The topological polar surface area (TPSA) is 44.4 Å². The number of nitrogens with one attached hydrogen (secondary N) is 2. The molecule has 16 heavy (non-hydrogen) atoms. The molecule has 2 fully saturated rings. The Balaban J connectivity index is 1.77. The van der Waals surface area contributed by atoms with E-state index in [9.17, 15) is 4.79 Å². The van der Waals surface area contributed by atoms with Crippen molar-refractivity contribution in [3.8, 4) is 0 Å². The molecule has 2 aliphatic heterocycles. The molecule has 92 valence electrons. The summed E-state index contributed by atoms with van der Waals surface area (Å²) in [5.74, 6) is 1.01. The van der Waals surface area contributed by atoms with Gasteiger partial charge in [-0.15, -0.1) is 0 Å². The number of nitrogens with zero attached hydrogens (tertiary/aromatic N) is 1. The van der Waals surface area contributed by atoms with Gasteiger partial charge in [-0.2, -0.15) is 0 Å². The van der Waals surface area contributed by atoms with Crippen LogP contribution in [0.3, 0.4) is 0 Å². The van der Waals surface area contributed by atoms with Gasteiger partial charge in [-0.3, -0.25) is 9.69 Å². The summed E-state index contributed by atoms with van der Waals surface area (Å²) < 4.78 is 0. The van der Waals surface area contributed by atoms with Crippen LogP contribution in [0, 0.1) is 5.92 Å². The van der Waals surface area contributed by atoms with E-state index in [1.54, 1.807) is 0 Å². The Morgan fingerprint density at radius 2 is 2.38 bits per heavy atom. The molecule has 0 aliphatic carbocycles. The maximum absolute atomic E-state index is 11.4. The van der Waals surface area contributed by atoms with Crippen molar-refractivity contribution >= 4 is 5.91 Å². The van der Waals surface area contributed by atoms with Crippen molar-refractivity contribution in [3.63, 3.8) is 0 Å². The first-order valence-corrected chi connectivity index (χ1v) is 6.52. The summed E-state index contributed by atoms with van der Waals surface area (Å²) >= 11 is 0. The molecule has 2 aliphatic rings. The van der Waals surface area contributed by atoms with E-state index in [0.29, 0.717) is 12.5 Å². The summed E-state index contributed by atoms with van der Waals surface area (Å²) in [4.78, 5) is 13.9. The average molecular weight is 225 g/mol. The minimum atomic E-state index is 0.190. The molecule has 2 atom stereocenters. The van der Waals surface area contributed by atoms with Gasteiger partial charge in [-0.05, 0) is 38.8 Å². The second-order valence-electron chi connectivity index (χ2n) is 4.87. The molecule has 4 nitrogen and oxygen atoms in total. The second kappa shape index (κ2) is 5.64. The molecule has 2 N–H and O–H groups in total. The number of likely N-dealkylation sites (tertiary alicyclic amines) is 1. The zero-order valence-electron chi connectivity index (χ0n) is 10.2. The van der Waals surface area contributed by atoms with Crippen molar-refractivity contribution in [3.05, 3.63) is 0 Å². The van der Waals surface area contributed by atoms with Crippen LogP contribution in [0.2, 0.25) is 0 Å². The van der Waals surface area contributed by atoms with Crippen LogP contribution in [0.4, 0.5) is 0 Å². The molecule has 0 aromatic carbocycles. The van der Waals surface area contributed by atoms with Crippen LogP contribution in [0.15, 0.2) is 0 Å². The van der Waals surface area contributed by atoms with E-state index in [-0.39, 0.29) is 5.91 Å². The number of carbonyl (C=O) groups excluding carboxylic acids is 1. The highest BCUT2D eigenvalue weighted by Gasteiger charge is 2.34. The number of hydrogen-bond acceptors (Lipinski definition) is 3. The van der Waals surface area contributed by atoms with E-state index in [1.807, 2.05) is 6.92 Å². The number of fused-ring (bicyclic) bond motifs is 1. The standard InChI is InChI=1S/C12H23N3O/c1-2-14-12(16)5-7-15-6-3-4-10-8-13-9-11(10)15/h10-11,13H,2-9H2,1H3,(H,14,16). The molecular weight excluding hydrogens is 202 g/mol. The Kier molecular flexibility index (Phi) is 4.18. The van der Waals surface area contributed by atoms with Gasteiger partial charge in [0, 0.05) is 32.1 Å².